The van der Waals surface area contributed by atoms with Crippen molar-refractivity contribution in [2.45, 2.75) is 6.92 Å². The maximum absolute atomic E-state index is 12.0. The summed E-state index contributed by atoms with van der Waals surface area (Å²) in [6.07, 6.45) is 3.66. The molecule has 3 rings (SSSR count). The number of nitrogens with zero attached hydrogens (tertiary/aromatic N) is 3. The molecule has 0 aliphatic carbocycles. The second-order valence-electron chi connectivity index (χ2n) is 3.98. The Morgan fingerprint density at radius 2 is 2.12 bits per heavy atom. The van der Waals surface area contributed by atoms with Crippen LogP contribution in [0, 0.1) is 6.92 Å². The van der Waals surface area contributed by atoms with Crippen LogP contribution in [0.25, 0.3) is 16.7 Å². The quantitative estimate of drug-likeness (QED) is 0.567. The van der Waals surface area contributed by atoms with Gasteiger partial charge in [-0.25, -0.2) is 4.98 Å². The molecule has 0 aliphatic rings. The minimum absolute atomic E-state index is 0.0196. The van der Waals surface area contributed by atoms with Crippen LogP contribution in [-0.4, -0.2) is 14.0 Å². The van der Waals surface area contributed by atoms with E-state index in [1.54, 1.807) is 17.8 Å². The Labute approximate surface area is 91.8 Å². The summed E-state index contributed by atoms with van der Waals surface area (Å²) in [6, 6.07) is 5.73. The van der Waals surface area contributed by atoms with Crippen LogP contribution >= 0.6 is 0 Å². The zero-order valence-electron chi connectivity index (χ0n) is 9.14. The summed E-state index contributed by atoms with van der Waals surface area (Å²) >= 11 is 0. The van der Waals surface area contributed by atoms with Gasteiger partial charge in [-0.1, -0.05) is 0 Å². The second kappa shape index (κ2) is 2.95. The van der Waals surface area contributed by atoms with Crippen molar-refractivity contribution < 1.29 is 0 Å². The smallest absolute Gasteiger partial charge is 0.276 e. The Bertz CT molecular complexity index is 752. The fraction of sp³-hybridized carbons (Fsp3) is 0.167. The van der Waals surface area contributed by atoms with E-state index in [9.17, 15) is 4.79 Å². The summed E-state index contributed by atoms with van der Waals surface area (Å²) in [5, 5.41) is 0. The summed E-state index contributed by atoms with van der Waals surface area (Å²) in [4.78, 5) is 16.3. The van der Waals surface area contributed by atoms with Gasteiger partial charge in [0.05, 0.1) is 5.52 Å². The molecule has 0 saturated heterocycles. The first-order valence-corrected chi connectivity index (χ1v) is 5.11. The lowest BCUT2D eigenvalue weighted by atomic mass is 10.3. The molecule has 16 heavy (non-hydrogen) atoms. The van der Waals surface area contributed by atoms with Gasteiger partial charge < -0.3 is 4.40 Å². The molecule has 0 unspecified atom stereocenters. The molecule has 0 aliphatic heterocycles. The topological polar surface area (TPSA) is 39.3 Å². The molecule has 0 saturated carbocycles. The maximum atomic E-state index is 12.0. The van der Waals surface area contributed by atoms with E-state index in [2.05, 4.69) is 4.98 Å². The van der Waals surface area contributed by atoms with Crippen molar-refractivity contribution in [1.82, 2.24) is 14.0 Å². The van der Waals surface area contributed by atoms with Gasteiger partial charge in [0.25, 0.3) is 5.56 Å². The first-order valence-electron chi connectivity index (χ1n) is 5.11. The highest BCUT2D eigenvalue weighted by atomic mass is 16.1. The van der Waals surface area contributed by atoms with Crippen molar-refractivity contribution in [2.75, 3.05) is 0 Å². The molecule has 0 bridgehead atoms. The van der Waals surface area contributed by atoms with Crippen molar-refractivity contribution >= 4 is 16.7 Å². The maximum Gasteiger partial charge on any atom is 0.276 e. The van der Waals surface area contributed by atoms with E-state index in [4.69, 9.17) is 0 Å². The van der Waals surface area contributed by atoms with Gasteiger partial charge in [-0.15, -0.1) is 0 Å². The number of pyridine rings is 1. The molecule has 0 N–H and O–H groups in total. The Hall–Kier alpha value is -2.10. The van der Waals surface area contributed by atoms with E-state index in [-0.39, 0.29) is 5.56 Å². The van der Waals surface area contributed by atoms with Crippen molar-refractivity contribution in [3.8, 4) is 0 Å². The van der Waals surface area contributed by atoms with Crippen LogP contribution < -0.4 is 5.56 Å². The molecule has 0 amide bonds. The predicted octanol–water partition coefficient (Wildman–Crippen LogP) is 1.49. The number of fused-ring (bicyclic) bond motifs is 3. The third kappa shape index (κ3) is 1.04. The van der Waals surface area contributed by atoms with Gasteiger partial charge >= 0.3 is 0 Å². The van der Waals surface area contributed by atoms with E-state index in [1.807, 2.05) is 35.7 Å². The zero-order valence-corrected chi connectivity index (χ0v) is 9.14. The Morgan fingerprint density at radius 1 is 1.31 bits per heavy atom. The van der Waals surface area contributed by atoms with Gasteiger partial charge in [-0.05, 0) is 30.7 Å². The lowest BCUT2D eigenvalue weighted by molar-refractivity contribution is 0.880. The van der Waals surface area contributed by atoms with Gasteiger partial charge in [0.1, 0.15) is 5.52 Å². The monoisotopic (exact) mass is 213 g/mol. The number of hydrogen-bond acceptors (Lipinski definition) is 2. The summed E-state index contributed by atoms with van der Waals surface area (Å²) in [5.41, 5.74) is 3.42. The van der Waals surface area contributed by atoms with Gasteiger partial charge in [0.15, 0.2) is 5.65 Å². The van der Waals surface area contributed by atoms with Crippen LogP contribution in [0.2, 0.25) is 0 Å². The fourth-order valence-electron chi connectivity index (χ4n) is 2.02. The summed E-state index contributed by atoms with van der Waals surface area (Å²) in [6.45, 7) is 1.99. The van der Waals surface area contributed by atoms with Crippen LogP contribution in [0.1, 0.15) is 5.56 Å². The minimum Gasteiger partial charge on any atom is -0.309 e. The largest absolute Gasteiger partial charge is 0.309 e. The summed E-state index contributed by atoms with van der Waals surface area (Å²) < 4.78 is 3.47. The van der Waals surface area contributed by atoms with Crippen molar-refractivity contribution in [2.24, 2.45) is 7.05 Å². The molecule has 0 fully saturated rings. The van der Waals surface area contributed by atoms with Crippen LogP contribution in [0.4, 0.5) is 0 Å². The molecular formula is C12H11N3O. The zero-order chi connectivity index (χ0) is 11.3. The normalized spacial score (nSPS) is 11.4. The first-order chi connectivity index (χ1) is 7.68. The molecule has 0 radical (unpaired) electrons. The van der Waals surface area contributed by atoms with Crippen molar-refractivity contribution in [3.63, 3.8) is 0 Å². The summed E-state index contributed by atoms with van der Waals surface area (Å²) in [7, 11) is 1.75. The molecule has 4 heteroatoms. The third-order valence-electron chi connectivity index (χ3n) is 2.83. The van der Waals surface area contributed by atoms with E-state index >= 15 is 0 Å². The molecule has 3 aromatic rings. The van der Waals surface area contributed by atoms with E-state index in [0.717, 1.165) is 11.1 Å². The van der Waals surface area contributed by atoms with Crippen LogP contribution in [0.15, 0.2) is 35.4 Å². The molecule has 0 atom stereocenters. The second-order valence-corrected chi connectivity index (χ2v) is 3.98. The van der Waals surface area contributed by atoms with Crippen molar-refractivity contribution in [3.05, 3.63) is 46.5 Å². The van der Waals surface area contributed by atoms with E-state index < -0.39 is 0 Å². The summed E-state index contributed by atoms with van der Waals surface area (Å²) in [5.74, 6) is 0. The highest BCUT2D eigenvalue weighted by Gasteiger charge is 2.08. The Balaban J connectivity index is 2.72. The Kier molecular flexibility index (Phi) is 1.68. The fourth-order valence-corrected chi connectivity index (χ4v) is 2.02. The molecule has 0 spiro atoms. The van der Waals surface area contributed by atoms with Crippen LogP contribution in [0.5, 0.6) is 0 Å². The minimum atomic E-state index is -0.0196. The van der Waals surface area contributed by atoms with Crippen LogP contribution in [0.3, 0.4) is 0 Å². The lowest BCUT2D eigenvalue weighted by Crippen LogP contribution is -2.20. The number of rotatable bonds is 0. The van der Waals surface area contributed by atoms with E-state index in [0.29, 0.717) is 11.2 Å². The highest BCUT2D eigenvalue weighted by Crippen LogP contribution is 2.13. The molecule has 80 valence electrons. The van der Waals surface area contributed by atoms with Gasteiger partial charge in [-0.2, -0.15) is 0 Å². The average Bonchev–Trinajstić information content (AvgIpc) is 2.75. The van der Waals surface area contributed by atoms with E-state index in [1.165, 1.54) is 0 Å². The molecule has 3 aromatic heterocycles. The number of hydrogen-bond donors (Lipinski definition) is 0. The lowest BCUT2D eigenvalue weighted by Gasteiger charge is -2.07. The van der Waals surface area contributed by atoms with Gasteiger partial charge in [0.2, 0.25) is 0 Å². The molecule has 4 nitrogen and oxygen atoms in total. The Morgan fingerprint density at radius 3 is 2.94 bits per heavy atom. The highest BCUT2D eigenvalue weighted by molar-refractivity contribution is 5.75. The number of aromatic nitrogens is 3. The molecule has 3 heterocycles. The van der Waals surface area contributed by atoms with Crippen molar-refractivity contribution in [1.29, 1.82) is 0 Å². The predicted molar refractivity (Wildman–Crippen MR) is 62.7 cm³/mol. The van der Waals surface area contributed by atoms with Gasteiger partial charge in [-0.3, -0.25) is 9.36 Å². The SMILES string of the molecule is Cc1cnc2c(c1)n1cccc1c(=O)n2C. The standard InChI is InChI=1S/C12H11N3O/c1-8-6-10-11(13-7-8)14(2)12(16)9-4-3-5-15(9)10/h3-7H,1-2H3. The third-order valence-corrected chi connectivity index (χ3v) is 2.83. The molecule has 0 aromatic carbocycles. The van der Waals surface area contributed by atoms with Gasteiger partial charge in [0, 0.05) is 19.4 Å². The molecular weight excluding hydrogens is 202 g/mol. The average molecular weight is 213 g/mol. The number of aryl methyl sites for hydroxylation is 2. The van der Waals surface area contributed by atoms with Crippen LogP contribution in [-0.2, 0) is 7.05 Å². The first kappa shape index (κ1) is 9.15.